The summed E-state index contributed by atoms with van der Waals surface area (Å²) in [6, 6.07) is 22.5. The second-order valence-electron chi connectivity index (χ2n) is 7.81. The monoisotopic (exact) mass is 431 g/mol. The first kappa shape index (κ1) is 20.0. The molecule has 6 heteroatoms. The Kier molecular flexibility index (Phi) is 5.84. The van der Waals surface area contributed by atoms with E-state index in [-0.39, 0.29) is 5.91 Å². The molecule has 1 N–H and O–H groups in total. The van der Waals surface area contributed by atoms with Crippen LogP contribution in [0.5, 0.6) is 0 Å². The third-order valence-corrected chi connectivity index (χ3v) is 6.49. The third kappa shape index (κ3) is 4.56. The number of anilines is 1. The average molecular weight is 432 g/mol. The Morgan fingerprint density at radius 3 is 2.58 bits per heavy atom. The Balaban J connectivity index is 1.36. The van der Waals surface area contributed by atoms with Crippen LogP contribution < -0.4 is 5.32 Å². The highest BCUT2D eigenvalue weighted by atomic mass is 32.1. The minimum atomic E-state index is -0.0807. The van der Waals surface area contributed by atoms with Crippen LogP contribution in [0, 0.1) is 0 Å². The highest BCUT2D eigenvalue weighted by Crippen LogP contribution is 2.27. The lowest BCUT2D eigenvalue weighted by Crippen LogP contribution is -2.35. The van der Waals surface area contributed by atoms with E-state index in [0.29, 0.717) is 12.2 Å². The molecule has 4 aromatic rings. The van der Waals surface area contributed by atoms with E-state index < -0.39 is 0 Å². The molecule has 0 saturated carbocycles. The number of thiophene rings is 1. The minimum absolute atomic E-state index is 0.0807. The van der Waals surface area contributed by atoms with Crippen molar-refractivity contribution in [2.45, 2.75) is 13.1 Å². The number of hydrogen-bond acceptors (Lipinski definition) is 4. The van der Waals surface area contributed by atoms with Gasteiger partial charge >= 0.3 is 0 Å². The van der Waals surface area contributed by atoms with Gasteiger partial charge in [0.25, 0.3) is 5.91 Å². The Morgan fingerprint density at radius 1 is 0.935 bits per heavy atom. The summed E-state index contributed by atoms with van der Waals surface area (Å²) >= 11 is 1.66. The van der Waals surface area contributed by atoms with Gasteiger partial charge in [0, 0.05) is 31.9 Å². The number of aromatic nitrogens is 1. The summed E-state index contributed by atoms with van der Waals surface area (Å²) in [5.41, 5.74) is 4.98. The quantitative estimate of drug-likeness (QED) is 0.475. The molecule has 5 nitrogen and oxygen atoms in total. The van der Waals surface area contributed by atoms with Gasteiger partial charge < -0.3 is 14.6 Å². The van der Waals surface area contributed by atoms with Crippen molar-refractivity contribution in [1.82, 2.24) is 9.47 Å². The zero-order chi connectivity index (χ0) is 21.0. The second kappa shape index (κ2) is 9.06. The van der Waals surface area contributed by atoms with Crippen molar-refractivity contribution in [2.75, 3.05) is 31.6 Å². The maximum Gasteiger partial charge on any atom is 0.272 e. The predicted molar refractivity (Wildman–Crippen MR) is 126 cm³/mol. The number of amides is 1. The zero-order valence-corrected chi connectivity index (χ0v) is 18.1. The maximum atomic E-state index is 13.2. The number of benzene rings is 2. The van der Waals surface area contributed by atoms with Crippen molar-refractivity contribution in [1.29, 1.82) is 0 Å². The number of rotatable bonds is 6. The van der Waals surface area contributed by atoms with Crippen molar-refractivity contribution in [3.8, 4) is 0 Å². The first-order valence-corrected chi connectivity index (χ1v) is 11.5. The summed E-state index contributed by atoms with van der Waals surface area (Å²) < 4.78 is 8.67. The van der Waals surface area contributed by atoms with Crippen LogP contribution in [-0.4, -0.2) is 41.7 Å². The van der Waals surface area contributed by atoms with E-state index in [2.05, 4.69) is 50.5 Å². The van der Waals surface area contributed by atoms with Gasteiger partial charge in [0.2, 0.25) is 0 Å². The molecular formula is C25H25N3O2S. The molecule has 1 aliphatic heterocycles. The summed E-state index contributed by atoms with van der Waals surface area (Å²) in [4.78, 5) is 15.6. The molecular weight excluding hydrogens is 406 g/mol. The van der Waals surface area contributed by atoms with Crippen LogP contribution in [0.25, 0.3) is 10.2 Å². The van der Waals surface area contributed by atoms with Crippen LogP contribution in [-0.2, 0) is 17.8 Å². The Bertz CT molecular complexity index is 1180. The summed E-state index contributed by atoms with van der Waals surface area (Å²) in [6.45, 7) is 4.99. The molecule has 0 atom stereocenters. The van der Waals surface area contributed by atoms with Crippen LogP contribution >= 0.6 is 11.3 Å². The van der Waals surface area contributed by atoms with E-state index in [1.807, 2.05) is 36.4 Å². The molecule has 2 aromatic carbocycles. The average Bonchev–Trinajstić information content (AvgIpc) is 3.38. The fourth-order valence-electron chi connectivity index (χ4n) is 4.06. The van der Waals surface area contributed by atoms with Crippen molar-refractivity contribution < 1.29 is 9.53 Å². The largest absolute Gasteiger partial charge is 0.379 e. The summed E-state index contributed by atoms with van der Waals surface area (Å²) in [5, 5.41) is 5.19. The molecule has 1 amide bonds. The molecule has 2 aromatic heterocycles. The van der Waals surface area contributed by atoms with Crippen molar-refractivity contribution in [3.05, 3.63) is 88.9 Å². The lowest BCUT2D eigenvalue weighted by Gasteiger charge is -2.26. The van der Waals surface area contributed by atoms with Crippen molar-refractivity contribution in [2.24, 2.45) is 0 Å². The van der Waals surface area contributed by atoms with E-state index in [9.17, 15) is 4.79 Å². The fraction of sp³-hybridized carbons (Fsp3) is 0.240. The summed E-state index contributed by atoms with van der Waals surface area (Å²) in [7, 11) is 0. The third-order valence-electron chi connectivity index (χ3n) is 5.63. The molecule has 1 fully saturated rings. The van der Waals surface area contributed by atoms with Gasteiger partial charge in [-0.2, -0.15) is 0 Å². The molecule has 0 unspecified atom stereocenters. The smallest absolute Gasteiger partial charge is 0.272 e. The number of carbonyl (C=O) groups is 1. The van der Waals surface area contributed by atoms with Gasteiger partial charge in [-0.15, -0.1) is 11.3 Å². The highest BCUT2D eigenvalue weighted by Gasteiger charge is 2.17. The van der Waals surface area contributed by atoms with Crippen LogP contribution in [0.2, 0.25) is 0 Å². The van der Waals surface area contributed by atoms with Crippen LogP contribution in [0.1, 0.15) is 21.6 Å². The predicted octanol–water partition coefficient (Wildman–Crippen LogP) is 4.84. The lowest BCUT2D eigenvalue weighted by molar-refractivity contribution is 0.0342. The van der Waals surface area contributed by atoms with Crippen LogP contribution in [0.4, 0.5) is 5.69 Å². The summed E-state index contributed by atoms with van der Waals surface area (Å²) in [6.07, 6.45) is 0. The first-order valence-electron chi connectivity index (χ1n) is 10.6. The molecule has 5 rings (SSSR count). The molecule has 31 heavy (non-hydrogen) atoms. The number of nitrogens with one attached hydrogen (secondary N) is 1. The SMILES string of the molecule is O=C(Nc1cccc(CN2CCOCC2)c1)c1cc2sccc2n1Cc1ccccc1. The van der Waals surface area contributed by atoms with E-state index in [4.69, 9.17) is 4.74 Å². The number of hydrogen-bond donors (Lipinski definition) is 1. The zero-order valence-electron chi connectivity index (χ0n) is 17.3. The van der Waals surface area contributed by atoms with Crippen LogP contribution in [0.3, 0.4) is 0 Å². The van der Waals surface area contributed by atoms with Gasteiger partial charge in [-0.05, 0) is 40.8 Å². The second-order valence-corrected chi connectivity index (χ2v) is 8.76. The molecule has 0 aliphatic carbocycles. The Hall–Kier alpha value is -2.93. The van der Waals surface area contributed by atoms with Gasteiger partial charge in [-0.3, -0.25) is 9.69 Å². The molecule has 1 aliphatic rings. The molecule has 0 radical (unpaired) electrons. The topological polar surface area (TPSA) is 46.5 Å². The van der Waals surface area contributed by atoms with Gasteiger partial charge in [0.1, 0.15) is 5.69 Å². The summed E-state index contributed by atoms with van der Waals surface area (Å²) in [5.74, 6) is -0.0807. The lowest BCUT2D eigenvalue weighted by atomic mass is 10.1. The first-order chi connectivity index (χ1) is 15.3. The van der Waals surface area contributed by atoms with E-state index in [0.717, 1.165) is 48.8 Å². The van der Waals surface area contributed by atoms with Gasteiger partial charge in [0.05, 0.1) is 23.4 Å². The molecule has 3 heterocycles. The minimum Gasteiger partial charge on any atom is -0.379 e. The Labute approximate surface area is 185 Å². The Morgan fingerprint density at radius 2 is 1.74 bits per heavy atom. The number of morpholine rings is 1. The van der Waals surface area contributed by atoms with Crippen LogP contribution in [0.15, 0.2) is 72.1 Å². The van der Waals surface area contributed by atoms with E-state index in [1.165, 1.54) is 11.1 Å². The fourth-order valence-corrected chi connectivity index (χ4v) is 4.88. The normalized spacial score (nSPS) is 14.7. The number of nitrogens with zero attached hydrogens (tertiary/aromatic N) is 2. The van der Waals surface area contributed by atoms with E-state index in [1.54, 1.807) is 11.3 Å². The highest BCUT2D eigenvalue weighted by molar-refractivity contribution is 7.17. The standard InChI is InChI=1S/C25H25N3O2S/c29-25(26-21-8-4-7-20(15-21)17-27-10-12-30-13-11-27)23-16-24-22(9-14-31-24)28(23)18-19-5-2-1-3-6-19/h1-9,14-16H,10-13,17-18H2,(H,26,29). The van der Waals surface area contributed by atoms with Crippen molar-refractivity contribution >= 4 is 33.1 Å². The maximum absolute atomic E-state index is 13.2. The number of carbonyl (C=O) groups excluding carboxylic acids is 1. The van der Waals surface area contributed by atoms with Crippen molar-refractivity contribution in [3.63, 3.8) is 0 Å². The van der Waals surface area contributed by atoms with Gasteiger partial charge in [0.15, 0.2) is 0 Å². The molecule has 1 saturated heterocycles. The van der Waals surface area contributed by atoms with E-state index >= 15 is 0 Å². The number of ether oxygens (including phenoxy) is 1. The van der Waals surface area contributed by atoms with Gasteiger partial charge in [-0.1, -0.05) is 42.5 Å². The van der Waals surface area contributed by atoms with Gasteiger partial charge in [-0.25, -0.2) is 0 Å². The number of fused-ring (bicyclic) bond motifs is 1. The molecule has 0 spiro atoms. The molecule has 0 bridgehead atoms. The molecule has 158 valence electrons.